The monoisotopic (exact) mass is 277 g/mol. The van der Waals surface area contributed by atoms with Crippen LogP contribution in [0.5, 0.6) is 0 Å². The Morgan fingerprint density at radius 2 is 1.90 bits per heavy atom. The summed E-state index contributed by atoms with van der Waals surface area (Å²) in [5, 5.41) is 0.970. The first-order valence-electron chi connectivity index (χ1n) is 6.74. The molecule has 2 heterocycles. The third-order valence-electron chi connectivity index (χ3n) is 3.35. The molecule has 0 saturated carbocycles. The van der Waals surface area contributed by atoms with Crippen LogP contribution >= 0.6 is 0 Å². The van der Waals surface area contributed by atoms with Crippen LogP contribution in [0.1, 0.15) is 15.9 Å². The summed E-state index contributed by atoms with van der Waals surface area (Å²) in [5.41, 5.74) is 2.36. The molecule has 4 nitrogen and oxygen atoms in total. The highest BCUT2D eigenvalue weighted by Crippen LogP contribution is 2.18. The number of para-hydroxylation sites is 1. The second-order valence-corrected chi connectivity index (χ2v) is 4.90. The number of benzene rings is 1. The molecule has 4 heteroatoms. The van der Waals surface area contributed by atoms with Crippen LogP contribution in [0.15, 0.2) is 61.1 Å². The first kappa shape index (κ1) is 13.2. The van der Waals surface area contributed by atoms with Crippen molar-refractivity contribution in [1.29, 1.82) is 0 Å². The summed E-state index contributed by atoms with van der Waals surface area (Å²) in [6.07, 6.45) is 5.20. The Bertz CT molecular complexity index is 766. The molecule has 3 aromatic rings. The number of carbonyl (C=O) groups is 1. The maximum Gasteiger partial charge on any atom is 0.256 e. The van der Waals surface area contributed by atoms with Crippen LogP contribution in [0.3, 0.4) is 0 Å². The van der Waals surface area contributed by atoms with E-state index in [0.717, 1.165) is 16.5 Å². The van der Waals surface area contributed by atoms with E-state index in [9.17, 15) is 4.79 Å². The molecule has 21 heavy (non-hydrogen) atoms. The molecule has 0 N–H and O–H groups in total. The van der Waals surface area contributed by atoms with Gasteiger partial charge in [0.25, 0.3) is 5.91 Å². The van der Waals surface area contributed by atoms with Gasteiger partial charge in [-0.2, -0.15) is 0 Å². The molecule has 0 unspecified atom stereocenters. The summed E-state index contributed by atoms with van der Waals surface area (Å²) in [6.45, 7) is 0.524. The third-order valence-corrected chi connectivity index (χ3v) is 3.35. The van der Waals surface area contributed by atoms with Crippen LogP contribution in [0.4, 0.5) is 0 Å². The predicted octanol–water partition coefficient (Wildman–Crippen LogP) is 2.90. The fourth-order valence-electron chi connectivity index (χ4n) is 2.32. The van der Waals surface area contributed by atoms with Crippen LogP contribution in [-0.2, 0) is 6.54 Å². The summed E-state index contributed by atoms with van der Waals surface area (Å²) in [6, 6.07) is 13.3. The zero-order valence-corrected chi connectivity index (χ0v) is 11.7. The molecular formula is C17H15N3O. The number of rotatable bonds is 3. The molecule has 104 valence electrons. The highest BCUT2D eigenvalue weighted by molar-refractivity contribution is 6.05. The molecule has 2 aromatic heterocycles. The van der Waals surface area contributed by atoms with Crippen molar-refractivity contribution >= 4 is 16.8 Å². The summed E-state index contributed by atoms with van der Waals surface area (Å²) in [4.78, 5) is 22.7. The SMILES string of the molecule is CN(Cc1cccnc1)C(=O)c1cccc2cccnc12. The minimum absolute atomic E-state index is 0.0387. The van der Waals surface area contributed by atoms with Crippen LogP contribution in [-0.4, -0.2) is 27.8 Å². The van der Waals surface area contributed by atoms with Gasteiger partial charge >= 0.3 is 0 Å². The molecule has 0 atom stereocenters. The number of pyridine rings is 2. The number of carbonyl (C=O) groups excluding carboxylic acids is 1. The largest absolute Gasteiger partial charge is 0.337 e. The fraction of sp³-hybridized carbons (Fsp3) is 0.118. The van der Waals surface area contributed by atoms with Crippen molar-refractivity contribution in [2.45, 2.75) is 6.54 Å². The third kappa shape index (κ3) is 2.74. The van der Waals surface area contributed by atoms with Crippen LogP contribution in [0, 0.1) is 0 Å². The van der Waals surface area contributed by atoms with Crippen molar-refractivity contribution in [2.24, 2.45) is 0 Å². The fourth-order valence-corrected chi connectivity index (χ4v) is 2.32. The van der Waals surface area contributed by atoms with E-state index in [-0.39, 0.29) is 5.91 Å². The van der Waals surface area contributed by atoms with Gasteiger partial charge in [-0.15, -0.1) is 0 Å². The number of aromatic nitrogens is 2. The molecule has 0 spiro atoms. The van der Waals surface area contributed by atoms with Gasteiger partial charge in [0.2, 0.25) is 0 Å². The van der Waals surface area contributed by atoms with Crippen molar-refractivity contribution in [3.8, 4) is 0 Å². The molecule has 0 radical (unpaired) electrons. The average molecular weight is 277 g/mol. The van der Waals surface area contributed by atoms with E-state index in [1.54, 1.807) is 30.5 Å². The van der Waals surface area contributed by atoms with E-state index in [1.807, 2.05) is 42.5 Å². The quantitative estimate of drug-likeness (QED) is 0.739. The summed E-state index contributed by atoms with van der Waals surface area (Å²) >= 11 is 0. The summed E-state index contributed by atoms with van der Waals surface area (Å²) in [7, 11) is 1.79. The Balaban J connectivity index is 1.90. The molecular weight excluding hydrogens is 262 g/mol. The topological polar surface area (TPSA) is 46.1 Å². The van der Waals surface area contributed by atoms with Gasteiger partial charge in [0.15, 0.2) is 0 Å². The van der Waals surface area contributed by atoms with Gasteiger partial charge in [-0.25, -0.2) is 0 Å². The van der Waals surface area contributed by atoms with Crippen molar-refractivity contribution in [3.63, 3.8) is 0 Å². The number of amides is 1. The molecule has 1 aromatic carbocycles. The minimum atomic E-state index is -0.0387. The van der Waals surface area contributed by atoms with E-state index in [0.29, 0.717) is 12.1 Å². The van der Waals surface area contributed by atoms with Gasteiger partial charge in [0.05, 0.1) is 11.1 Å². The van der Waals surface area contributed by atoms with E-state index in [4.69, 9.17) is 0 Å². The lowest BCUT2D eigenvalue weighted by Crippen LogP contribution is -2.26. The minimum Gasteiger partial charge on any atom is -0.337 e. The van der Waals surface area contributed by atoms with Crippen LogP contribution < -0.4 is 0 Å². The zero-order chi connectivity index (χ0) is 14.7. The maximum absolute atomic E-state index is 12.6. The number of fused-ring (bicyclic) bond motifs is 1. The molecule has 0 bridgehead atoms. The van der Waals surface area contributed by atoms with Gasteiger partial charge in [-0.05, 0) is 23.8 Å². The smallest absolute Gasteiger partial charge is 0.256 e. The lowest BCUT2D eigenvalue weighted by Gasteiger charge is -2.17. The van der Waals surface area contributed by atoms with E-state index in [1.165, 1.54) is 0 Å². The van der Waals surface area contributed by atoms with Crippen molar-refractivity contribution in [2.75, 3.05) is 7.05 Å². The number of hydrogen-bond donors (Lipinski definition) is 0. The number of nitrogens with zero attached hydrogens (tertiary/aromatic N) is 3. The Labute approximate surface area is 123 Å². The maximum atomic E-state index is 12.6. The van der Waals surface area contributed by atoms with Crippen molar-refractivity contribution < 1.29 is 4.79 Å². The molecule has 0 aliphatic carbocycles. The highest BCUT2D eigenvalue weighted by Gasteiger charge is 2.15. The van der Waals surface area contributed by atoms with Crippen LogP contribution in [0.25, 0.3) is 10.9 Å². The van der Waals surface area contributed by atoms with Crippen molar-refractivity contribution in [1.82, 2.24) is 14.9 Å². The predicted molar refractivity (Wildman–Crippen MR) is 81.8 cm³/mol. The lowest BCUT2D eigenvalue weighted by molar-refractivity contribution is 0.0786. The van der Waals surface area contributed by atoms with Gasteiger partial charge < -0.3 is 4.90 Å². The van der Waals surface area contributed by atoms with Crippen molar-refractivity contribution in [3.05, 3.63) is 72.2 Å². The Hall–Kier alpha value is -2.75. The second kappa shape index (κ2) is 5.71. The first-order valence-corrected chi connectivity index (χ1v) is 6.74. The molecule has 3 rings (SSSR count). The summed E-state index contributed by atoms with van der Waals surface area (Å²) < 4.78 is 0. The van der Waals surface area contributed by atoms with E-state index in [2.05, 4.69) is 9.97 Å². The van der Waals surface area contributed by atoms with E-state index >= 15 is 0 Å². The average Bonchev–Trinajstić information content (AvgIpc) is 2.54. The van der Waals surface area contributed by atoms with Crippen LogP contribution in [0.2, 0.25) is 0 Å². The number of hydrogen-bond acceptors (Lipinski definition) is 3. The molecule has 1 amide bonds. The van der Waals surface area contributed by atoms with Gasteiger partial charge in [-0.3, -0.25) is 14.8 Å². The van der Waals surface area contributed by atoms with E-state index < -0.39 is 0 Å². The molecule has 0 saturated heterocycles. The Morgan fingerprint density at radius 1 is 1.10 bits per heavy atom. The lowest BCUT2D eigenvalue weighted by atomic mass is 10.1. The highest BCUT2D eigenvalue weighted by atomic mass is 16.2. The standard InChI is InChI=1S/C17H15N3O/c1-20(12-13-5-3-9-18-11-13)17(21)15-8-2-6-14-7-4-10-19-16(14)15/h2-11H,12H2,1H3. The normalized spacial score (nSPS) is 10.5. The molecule has 0 aliphatic heterocycles. The van der Waals surface area contributed by atoms with Gasteiger partial charge in [0.1, 0.15) is 0 Å². The Kier molecular flexibility index (Phi) is 3.60. The molecule has 0 fully saturated rings. The first-order chi connectivity index (χ1) is 10.3. The van der Waals surface area contributed by atoms with Gasteiger partial charge in [0, 0.05) is 37.6 Å². The Morgan fingerprint density at radius 3 is 2.71 bits per heavy atom. The zero-order valence-electron chi connectivity index (χ0n) is 11.7. The molecule has 0 aliphatic rings. The van der Waals surface area contributed by atoms with Gasteiger partial charge in [-0.1, -0.05) is 24.3 Å². The second-order valence-electron chi connectivity index (χ2n) is 4.90. The summed E-state index contributed by atoms with van der Waals surface area (Å²) in [5.74, 6) is -0.0387.